The third-order valence-corrected chi connectivity index (χ3v) is 5.11. The van der Waals surface area contributed by atoms with Crippen molar-refractivity contribution in [3.8, 4) is 0 Å². The van der Waals surface area contributed by atoms with Gasteiger partial charge >= 0.3 is 0 Å². The van der Waals surface area contributed by atoms with Gasteiger partial charge in [0.2, 0.25) is 11.9 Å². The standard InChI is InChI=1S/C18H19BrClFN8O/c1-18(2,30)8-28(3)17-26-15-9(19)6-23-29(15)16(27-17)22-7-14-24-12-4-10(20)11(21)5-13(12)25-14/h4-6,30H,7-8H2,1-3H3,(H,24,25)(H,22,26,27). The summed E-state index contributed by atoms with van der Waals surface area (Å²) >= 11 is 9.28. The highest BCUT2D eigenvalue weighted by molar-refractivity contribution is 9.10. The van der Waals surface area contributed by atoms with Gasteiger partial charge in [-0.2, -0.15) is 19.6 Å². The van der Waals surface area contributed by atoms with Gasteiger partial charge in [0.15, 0.2) is 5.65 Å². The number of fused-ring (bicyclic) bond motifs is 2. The van der Waals surface area contributed by atoms with Gasteiger partial charge in [-0.1, -0.05) is 11.6 Å². The van der Waals surface area contributed by atoms with Gasteiger partial charge in [-0.3, -0.25) is 0 Å². The molecule has 0 spiro atoms. The first-order chi connectivity index (χ1) is 14.1. The second-order valence-corrected chi connectivity index (χ2v) is 8.83. The van der Waals surface area contributed by atoms with Gasteiger partial charge in [-0.15, -0.1) is 0 Å². The van der Waals surface area contributed by atoms with Crippen molar-refractivity contribution in [3.63, 3.8) is 0 Å². The Morgan fingerprint density at radius 3 is 2.83 bits per heavy atom. The second-order valence-electron chi connectivity index (χ2n) is 7.56. The lowest BCUT2D eigenvalue weighted by Gasteiger charge is -2.25. The predicted molar refractivity (Wildman–Crippen MR) is 116 cm³/mol. The Bertz CT molecular complexity index is 1200. The minimum absolute atomic E-state index is 0.0315. The van der Waals surface area contributed by atoms with Crippen LogP contribution in [0.3, 0.4) is 0 Å². The summed E-state index contributed by atoms with van der Waals surface area (Å²) in [6.07, 6.45) is 1.63. The first-order valence-electron chi connectivity index (χ1n) is 9.03. The van der Waals surface area contributed by atoms with Crippen molar-refractivity contribution in [3.05, 3.63) is 39.5 Å². The molecule has 0 fully saturated rings. The molecule has 0 aliphatic rings. The van der Waals surface area contributed by atoms with Crippen LogP contribution in [-0.2, 0) is 6.54 Å². The molecule has 0 saturated heterocycles. The molecule has 3 heterocycles. The van der Waals surface area contributed by atoms with Crippen molar-refractivity contribution < 1.29 is 9.50 Å². The number of hydrogen-bond donors (Lipinski definition) is 3. The van der Waals surface area contributed by atoms with Crippen molar-refractivity contribution in [1.29, 1.82) is 0 Å². The molecule has 9 nitrogen and oxygen atoms in total. The van der Waals surface area contributed by atoms with E-state index in [1.54, 1.807) is 36.5 Å². The summed E-state index contributed by atoms with van der Waals surface area (Å²) in [4.78, 5) is 18.3. The third kappa shape index (κ3) is 4.18. The molecule has 0 atom stereocenters. The summed E-state index contributed by atoms with van der Waals surface area (Å²) in [7, 11) is 1.80. The maximum Gasteiger partial charge on any atom is 0.230 e. The van der Waals surface area contributed by atoms with E-state index in [1.807, 2.05) is 0 Å². The Labute approximate surface area is 184 Å². The Hall–Kier alpha value is -2.50. The van der Waals surface area contributed by atoms with E-state index in [0.717, 1.165) is 0 Å². The van der Waals surface area contributed by atoms with Crippen LogP contribution < -0.4 is 10.2 Å². The van der Waals surface area contributed by atoms with Crippen molar-refractivity contribution in [2.75, 3.05) is 23.8 Å². The number of nitrogens with zero attached hydrogens (tertiary/aromatic N) is 6. The van der Waals surface area contributed by atoms with E-state index in [1.165, 1.54) is 12.1 Å². The Morgan fingerprint density at radius 1 is 1.33 bits per heavy atom. The number of halogens is 3. The third-order valence-electron chi connectivity index (χ3n) is 4.27. The molecule has 3 N–H and O–H groups in total. The monoisotopic (exact) mass is 496 g/mol. The number of H-pyrrole nitrogens is 1. The lowest BCUT2D eigenvalue weighted by molar-refractivity contribution is 0.0883. The van der Waals surface area contributed by atoms with Crippen LogP contribution >= 0.6 is 27.5 Å². The zero-order chi connectivity index (χ0) is 21.6. The highest BCUT2D eigenvalue weighted by Gasteiger charge is 2.20. The summed E-state index contributed by atoms with van der Waals surface area (Å²) < 4.78 is 15.9. The van der Waals surface area contributed by atoms with Crippen LogP contribution in [0.1, 0.15) is 19.7 Å². The summed E-state index contributed by atoms with van der Waals surface area (Å²) in [6, 6.07) is 2.79. The number of nitrogens with one attached hydrogen (secondary N) is 2. The molecule has 4 aromatic rings. The molecule has 0 aliphatic carbocycles. The van der Waals surface area contributed by atoms with Crippen molar-refractivity contribution in [1.82, 2.24) is 29.5 Å². The molecular weight excluding hydrogens is 479 g/mol. The van der Waals surface area contributed by atoms with Gasteiger partial charge in [0, 0.05) is 19.7 Å². The maximum absolute atomic E-state index is 13.7. The molecule has 30 heavy (non-hydrogen) atoms. The number of imidazole rings is 1. The average Bonchev–Trinajstić information content (AvgIpc) is 3.22. The van der Waals surface area contributed by atoms with E-state index in [0.29, 0.717) is 45.4 Å². The van der Waals surface area contributed by atoms with Crippen LogP contribution in [-0.4, -0.2) is 53.9 Å². The first kappa shape index (κ1) is 20.8. The van der Waals surface area contributed by atoms with E-state index in [4.69, 9.17) is 11.6 Å². The zero-order valence-corrected chi connectivity index (χ0v) is 18.8. The second kappa shape index (κ2) is 7.64. The summed E-state index contributed by atoms with van der Waals surface area (Å²) in [6.45, 7) is 4.05. The molecule has 158 valence electrons. The fourth-order valence-corrected chi connectivity index (χ4v) is 3.59. The predicted octanol–water partition coefficient (Wildman–Crippen LogP) is 3.37. The SMILES string of the molecule is CN(CC(C)(C)O)c1nc(NCc2nc3cc(F)c(Cl)cc3[nH]2)n2ncc(Br)c2n1. The van der Waals surface area contributed by atoms with Crippen LogP contribution in [0.2, 0.25) is 5.02 Å². The zero-order valence-electron chi connectivity index (χ0n) is 16.4. The number of aromatic nitrogens is 6. The van der Waals surface area contributed by atoms with Gasteiger partial charge in [0.25, 0.3) is 0 Å². The maximum atomic E-state index is 13.7. The molecule has 0 saturated carbocycles. The van der Waals surface area contributed by atoms with Crippen molar-refractivity contribution in [2.45, 2.75) is 26.0 Å². The molecule has 0 amide bonds. The number of aliphatic hydroxyl groups is 1. The van der Waals surface area contributed by atoms with E-state index >= 15 is 0 Å². The number of benzene rings is 1. The normalized spacial score (nSPS) is 12.1. The van der Waals surface area contributed by atoms with Gasteiger partial charge in [-0.25, -0.2) is 9.37 Å². The summed E-state index contributed by atoms with van der Waals surface area (Å²) in [5, 5.41) is 17.6. The van der Waals surface area contributed by atoms with Crippen molar-refractivity contribution in [2.24, 2.45) is 0 Å². The van der Waals surface area contributed by atoms with Gasteiger partial charge in [-0.05, 0) is 35.8 Å². The fourth-order valence-electron chi connectivity index (χ4n) is 3.08. The molecule has 3 aromatic heterocycles. The number of likely N-dealkylation sites (N-methyl/N-ethyl adjacent to an activating group) is 1. The number of anilines is 2. The molecule has 1 aromatic carbocycles. The molecule has 0 radical (unpaired) electrons. The average molecular weight is 498 g/mol. The number of aromatic amines is 1. The van der Waals surface area contributed by atoms with E-state index < -0.39 is 11.4 Å². The summed E-state index contributed by atoms with van der Waals surface area (Å²) in [5.74, 6) is 0.921. The highest BCUT2D eigenvalue weighted by Crippen LogP contribution is 2.23. The quantitative estimate of drug-likeness (QED) is 0.375. The van der Waals surface area contributed by atoms with Crippen molar-refractivity contribution >= 4 is 56.1 Å². The van der Waals surface area contributed by atoms with E-state index in [2.05, 4.69) is 46.3 Å². The number of hydrogen-bond acceptors (Lipinski definition) is 7. The van der Waals surface area contributed by atoms with Crippen LogP contribution in [0.5, 0.6) is 0 Å². The summed E-state index contributed by atoms with van der Waals surface area (Å²) in [5.41, 5.74) is 0.774. The molecular formula is C18H19BrClFN8O. The van der Waals surface area contributed by atoms with E-state index in [9.17, 15) is 9.50 Å². The van der Waals surface area contributed by atoms with Gasteiger partial charge < -0.3 is 20.3 Å². The van der Waals surface area contributed by atoms with Gasteiger partial charge in [0.1, 0.15) is 11.6 Å². The Balaban J connectivity index is 1.64. The first-order valence-corrected chi connectivity index (χ1v) is 10.2. The topological polar surface area (TPSA) is 107 Å². The van der Waals surface area contributed by atoms with Crippen LogP contribution in [0, 0.1) is 5.82 Å². The van der Waals surface area contributed by atoms with Crippen LogP contribution in [0.15, 0.2) is 22.8 Å². The number of rotatable bonds is 6. The Kier molecular flexibility index (Phi) is 5.28. The fraction of sp³-hybridized carbons (Fsp3) is 0.333. The smallest absolute Gasteiger partial charge is 0.230 e. The van der Waals surface area contributed by atoms with E-state index in [-0.39, 0.29) is 11.6 Å². The molecule has 12 heteroatoms. The highest BCUT2D eigenvalue weighted by atomic mass is 79.9. The minimum Gasteiger partial charge on any atom is -0.389 e. The van der Waals surface area contributed by atoms with Gasteiger partial charge in [0.05, 0.1) is 38.9 Å². The molecule has 0 unspecified atom stereocenters. The largest absolute Gasteiger partial charge is 0.389 e. The molecule has 0 aliphatic heterocycles. The van der Waals surface area contributed by atoms with Crippen LogP contribution in [0.25, 0.3) is 16.7 Å². The molecule has 0 bridgehead atoms. The Morgan fingerprint density at radius 2 is 2.10 bits per heavy atom. The lowest BCUT2D eigenvalue weighted by atomic mass is 10.1. The van der Waals surface area contributed by atoms with Crippen LogP contribution in [0.4, 0.5) is 16.3 Å². The molecule has 4 rings (SSSR count). The minimum atomic E-state index is -0.917. The lowest BCUT2D eigenvalue weighted by Crippen LogP contribution is -2.37.